The average Bonchev–Trinajstić information content (AvgIpc) is 3.41. The maximum atomic E-state index is 13.3. The Bertz CT molecular complexity index is 1160. The molecule has 0 saturated carbocycles. The maximum Gasteiger partial charge on any atom is 0.325 e. The number of likely N-dealkylation sites (tertiary alicyclic amines) is 1. The van der Waals surface area contributed by atoms with E-state index in [9.17, 15) is 14.4 Å². The van der Waals surface area contributed by atoms with E-state index in [-0.39, 0.29) is 18.5 Å². The lowest BCUT2D eigenvalue weighted by atomic mass is 9.92. The Balaban J connectivity index is 1.34. The molecule has 5 rings (SSSR count). The third-order valence-corrected chi connectivity index (χ3v) is 6.88. The summed E-state index contributed by atoms with van der Waals surface area (Å²) in [5, 5.41) is 2.76. The van der Waals surface area contributed by atoms with Gasteiger partial charge in [0.2, 0.25) is 5.91 Å². The van der Waals surface area contributed by atoms with E-state index in [1.165, 1.54) is 0 Å². The van der Waals surface area contributed by atoms with Crippen molar-refractivity contribution < 1.29 is 28.3 Å². The Hall–Kier alpha value is -3.49. The number of ether oxygens (including phenoxy) is 2. The molecule has 2 saturated heterocycles. The molecule has 2 fully saturated rings. The van der Waals surface area contributed by atoms with Gasteiger partial charge in [-0.3, -0.25) is 14.5 Å². The van der Waals surface area contributed by atoms with Crippen LogP contribution < -0.4 is 14.8 Å². The summed E-state index contributed by atoms with van der Waals surface area (Å²) < 4.78 is 17.1. The minimum atomic E-state index is -1.27. The summed E-state index contributed by atoms with van der Waals surface area (Å²) in [6, 6.07) is 6.81. The Morgan fingerprint density at radius 3 is 2.62 bits per heavy atom. The molecule has 1 aromatic carbocycles. The van der Waals surface area contributed by atoms with E-state index in [0.29, 0.717) is 48.3 Å². The van der Waals surface area contributed by atoms with Gasteiger partial charge in [-0.2, -0.15) is 0 Å². The second-order valence-electron chi connectivity index (χ2n) is 9.28. The number of carbonyl (C=O) groups is 3. The second kappa shape index (κ2) is 8.38. The molecule has 1 N–H and O–H groups in total. The Morgan fingerprint density at radius 1 is 1.12 bits per heavy atom. The smallest absolute Gasteiger partial charge is 0.325 e. The van der Waals surface area contributed by atoms with E-state index < -0.39 is 17.5 Å². The van der Waals surface area contributed by atoms with Gasteiger partial charge in [0.1, 0.15) is 23.6 Å². The zero-order chi connectivity index (χ0) is 24.0. The summed E-state index contributed by atoms with van der Waals surface area (Å²) >= 11 is 0. The Kier molecular flexibility index (Phi) is 5.50. The summed E-state index contributed by atoms with van der Waals surface area (Å²) in [5.74, 6) is 1.89. The van der Waals surface area contributed by atoms with Crippen molar-refractivity contribution in [3.8, 4) is 11.5 Å². The van der Waals surface area contributed by atoms with Crippen LogP contribution in [0.4, 0.5) is 4.79 Å². The number of fused-ring (bicyclic) bond motifs is 1. The first kappa shape index (κ1) is 22.3. The summed E-state index contributed by atoms with van der Waals surface area (Å²) in [7, 11) is 0. The van der Waals surface area contributed by atoms with Crippen molar-refractivity contribution in [1.29, 1.82) is 0 Å². The van der Waals surface area contributed by atoms with Crippen LogP contribution in [0, 0.1) is 13.8 Å². The van der Waals surface area contributed by atoms with Crippen LogP contribution in [0.3, 0.4) is 0 Å². The van der Waals surface area contributed by atoms with Gasteiger partial charge in [-0.1, -0.05) is 6.07 Å². The lowest BCUT2D eigenvalue weighted by Gasteiger charge is -2.27. The van der Waals surface area contributed by atoms with Gasteiger partial charge in [0.25, 0.3) is 5.91 Å². The van der Waals surface area contributed by atoms with E-state index in [0.717, 1.165) is 29.7 Å². The van der Waals surface area contributed by atoms with Crippen LogP contribution in [0.1, 0.15) is 54.9 Å². The lowest BCUT2D eigenvalue weighted by molar-refractivity contribution is -0.139. The van der Waals surface area contributed by atoms with Crippen LogP contribution in [0.15, 0.2) is 28.7 Å². The fourth-order valence-corrected chi connectivity index (χ4v) is 5.18. The fraction of sp³-hybridized carbons (Fsp3) is 0.480. The lowest BCUT2D eigenvalue weighted by Crippen LogP contribution is -2.44. The SMILES string of the molecule is Cc1cc(C2(C)NC(=O)N(CC(=O)N3CCCC3c3ccc4c(c3)OCCCO4)C2=O)c(C)o1. The standard InChI is InChI=1S/C25H29N3O6/c1-15-12-18(16(2)34-15)25(3)23(30)28(24(31)26-25)14-22(29)27-9-4-6-19(27)17-7-8-20-21(13-17)33-11-5-10-32-20/h7-8,12-13,19H,4-6,9-11,14H2,1-3H3,(H,26,31). The second-order valence-corrected chi connectivity index (χ2v) is 9.28. The highest BCUT2D eigenvalue weighted by Gasteiger charge is 2.51. The number of hydrogen-bond acceptors (Lipinski definition) is 6. The molecule has 2 unspecified atom stereocenters. The number of amides is 4. The van der Waals surface area contributed by atoms with Gasteiger partial charge >= 0.3 is 6.03 Å². The number of benzene rings is 1. The molecule has 4 amide bonds. The fourth-order valence-electron chi connectivity index (χ4n) is 5.18. The summed E-state index contributed by atoms with van der Waals surface area (Å²) in [5.41, 5.74) is 0.295. The number of urea groups is 1. The van der Waals surface area contributed by atoms with Gasteiger partial charge in [0.15, 0.2) is 11.5 Å². The predicted molar refractivity (Wildman–Crippen MR) is 122 cm³/mol. The number of aryl methyl sites for hydroxylation is 2. The van der Waals surface area contributed by atoms with Gasteiger partial charge in [-0.05, 0) is 57.4 Å². The minimum absolute atomic E-state index is 0.143. The molecule has 1 aromatic heterocycles. The summed E-state index contributed by atoms with van der Waals surface area (Å²) in [4.78, 5) is 42.1. The van der Waals surface area contributed by atoms with Crippen molar-refractivity contribution in [2.45, 2.75) is 51.6 Å². The highest BCUT2D eigenvalue weighted by Crippen LogP contribution is 2.38. The zero-order valence-electron chi connectivity index (χ0n) is 19.7. The van der Waals surface area contributed by atoms with Crippen LogP contribution >= 0.6 is 0 Å². The molecule has 2 aromatic rings. The largest absolute Gasteiger partial charge is 0.490 e. The number of nitrogens with zero attached hydrogens (tertiary/aromatic N) is 2. The molecule has 34 heavy (non-hydrogen) atoms. The molecule has 4 heterocycles. The van der Waals surface area contributed by atoms with E-state index in [2.05, 4.69) is 5.32 Å². The van der Waals surface area contributed by atoms with Crippen molar-refractivity contribution >= 4 is 17.8 Å². The zero-order valence-corrected chi connectivity index (χ0v) is 19.7. The van der Waals surface area contributed by atoms with Crippen LogP contribution in [0.5, 0.6) is 11.5 Å². The Labute approximate surface area is 198 Å². The molecular weight excluding hydrogens is 438 g/mol. The van der Waals surface area contributed by atoms with Crippen molar-refractivity contribution in [3.63, 3.8) is 0 Å². The molecule has 0 spiro atoms. The van der Waals surface area contributed by atoms with Crippen molar-refractivity contribution in [1.82, 2.24) is 15.1 Å². The predicted octanol–water partition coefficient (Wildman–Crippen LogP) is 3.19. The third kappa shape index (κ3) is 3.69. The molecule has 180 valence electrons. The minimum Gasteiger partial charge on any atom is -0.490 e. The summed E-state index contributed by atoms with van der Waals surface area (Å²) in [6.45, 7) is 6.65. The molecule has 0 radical (unpaired) electrons. The molecule has 3 aliphatic heterocycles. The van der Waals surface area contributed by atoms with Gasteiger partial charge in [0.05, 0.1) is 19.3 Å². The first-order valence-corrected chi connectivity index (χ1v) is 11.7. The number of imide groups is 1. The van der Waals surface area contributed by atoms with Crippen LogP contribution in [-0.4, -0.2) is 53.9 Å². The maximum absolute atomic E-state index is 13.3. The first-order valence-electron chi connectivity index (χ1n) is 11.7. The van der Waals surface area contributed by atoms with Gasteiger partial charge in [0, 0.05) is 18.5 Å². The highest BCUT2D eigenvalue weighted by molar-refractivity contribution is 6.09. The normalized spacial score (nSPS) is 24.4. The average molecular weight is 468 g/mol. The quantitative estimate of drug-likeness (QED) is 0.693. The molecule has 9 nitrogen and oxygen atoms in total. The van der Waals surface area contributed by atoms with Crippen LogP contribution in [0.2, 0.25) is 0 Å². The summed E-state index contributed by atoms with van der Waals surface area (Å²) in [6.07, 6.45) is 2.47. The van der Waals surface area contributed by atoms with Crippen molar-refractivity contribution in [2.75, 3.05) is 26.3 Å². The first-order chi connectivity index (χ1) is 16.3. The van der Waals surface area contributed by atoms with Crippen LogP contribution in [0.25, 0.3) is 0 Å². The number of hydrogen-bond donors (Lipinski definition) is 1. The molecular formula is C25H29N3O6. The van der Waals surface area contributed by atoms with Crippen molar-refractivity contribution in [3.05, 3.63) is 46.9 Å². The monoisotopic (exact) mass is 467 g/mol. The highest BCUT2D eigenvalue weighted by atomic mass is 16.5. The molecule has 9 heteroatoms. The van der Waals surface area contributed by atoms with Gasteiger partial charge in [-0.15, -0.1) is 0 Å². The van der Waals surface area contributed by atoms with Gasteiger partial charge < -0.3 is 24.1 Å². The van der Waals surface area contributed by atoms with Crippen molar-refractivity contribution in [2.24, 2.45) is 0 Å². The van der Waals surface area contributed by atoms with E-state index in [1.807, 2.05) is 18.2 Å². The van der Waals surface area contributed by atoms with E-state index in [1.54, 1.807) is 31.7 Å². The molecule has 0 bridgehead atoms. The number of nitrogens with one attached hydrogen (secondary N) is 1. The topological polar surface area (TPSA) is 101 Å². The Morgan fingerprint density at radius 2 is 1.88 bits per heavy atom. The number of carbonyl (C=O) groups excluding carboxylic acids is 3. The number of furan rings is 1. The molecule has 3 aliphatic rings. The van der Waals surface area contributed by atoms with E-state index in [4.69, 9.17) is 13.9 Å². The van der Waals surface area contributed by atoms with E-state index >= 15 is 0 Å². The number of rotatable bonds is 4. The van der Waals surface area contributed by atoms with Gasteiger partial charge in [-0.25, -0.2) is 4.79 Å². The van der Waals surface area contributed by atoms with Crippen LogP contribution in [-0.2, 0) is 15.1 Å². The molecule has 0 aliphatic carbocycles. The third-order valence-electron chi connectivity index (χ3n) is 6.88. The molecule has 2 atom stereocenters.